The van der Waals surface area contributed by atoms with E-state index in [4.69, 9.17) is 5.73 Å². The van der Waals surface area contributed by atoms with Crippen molar-refractivity contribution < 1.29 is 18.0 Å². The average Bonchev–Trinajstić information content (AvgIpc) is 1.95. The molecule has 0 bridgehead atoms. The van der Waals surface area contributed by atoms with Crippen LogP contribution in [0.2, 0.25) is 0 Å². The van der Waals surface area contributed by atoms with Crippen LogP contribution in [0, 0.1) is 0 Å². The average molecular weight is 244 g/mol. The van der Waals surface area contributed by atoms with Crippen LogP contribution in [0.15, 0.2) is 0 Å². The number of carbonyl (C=O) groups excluding carboxylic acids is 2. The molecule has 0 saturated carbocycles. The van der Waals surface area contributed by atoms with E-state index < -0.39 is 28.0 Å². The van der Waals surface area contributed by atoms with Gasteiger partial charge in [0.25, 0.3) is 0 Å². The van der Waals surface area contributed by atoms with E-state index in [9.17, 15) is 18.0 Å². The monoisotopic (exact) mass is 243 g/mol. The number of β-lactam (4-membered cyclic amide) rings is 1. The largest absolute Gasteiger partial charge is 0.337 e. The van der Waals surface area contributed by atoms with Crippen molar-refractivity contribution in [2.24, 2.45) is 5.73 Å². The van der Waals surface area contributed by atoms with Gasteiger partial charge < -0.3 is 5.73 Å². The fourth-order valence-electron chi connectivity index (χ4n) is 0.849. The molecule has 1 aliphatic heterocycles. The van der Waals surface area contributed by atoms with E-state index in [1.807, 2.05) is 0 Å². The number of nitrogens with two attached hydrogens (primary N) is 1. The van der Waals surface area contributed by atoms with Gasteiger partial charge in [-0.05, 0) is 0 Å². The standard InChI is InChI=1S/C5H9N3O4S.ClH/c1-13(11,12)7-5(10)8-2-3(6)4(8)9;/h3H,2,6H2,1H3,(H,7,10);1H/t3-;/m0./s1. The van der Waals surface area contributed by atoms with Crippen molar-refractivity contribution >= 4 is 34.4 Å². The number of hydrogen-bond donors (Lipinski definition) is 2. The number of nitrogens with one attached hydrogen (secondary N) is 1. The van der Waals surface area contributed by atoms with E-state index in [0.29, 0.717) is 0 Å². The molecule has 3 N–H and O–H groups in total. The SMILES string of the molecule is CS(=O)(=O)NC(=O)N1C[C@H](N)C1=O.Cl. The quantitative estimate of drug-likeness (QED) is 0.531. The minimum atomic E-state index is -3.62. The summed E-state index contributed by atoms with van der Waals surface area (Å²) in [4.78, 5) is 22.5. The Hall–Kier alpha value is -0.860. The summed E-state index contributed by atoms with van der Waals surface area (Å²) in [5, 5.41) is 0. The lowest BCUT2D eigenvalue weighted by Crippen LogP contribution is -2.65. The fraction of sp³-hybridized carbons (Fsp3) is 0.600. The van der Waals surface area contributed by atoms with Crippen LogP contribution in [0.1, 0.15) is 0 Å². The highest BCUT2D eigenvalue weighted by Crippen LogP contribution is 2.07. The molecule has 14 heavy (non-hydrogen) atoms. The number of urea groups is 1. The zero-order valence-electron chi connectivity index (χ0n) is 7.26. The molecular formula is C5H10ClN3O4S. The first-order valence-electron chi connectivity index (χ1n) is 3.40. The molecule has 1 rings (SSSR count). The third kappa shape index (κ3) is 2.82. The van der Waals surface area contributed by atoms with Crippen molar-refractivity contribution in [2.75, 3.05) is 12.8 Å². The number of sulfonamides is 1. The summed E-state index contributed by atoms with van der Waals surface area (Å²) in [6, 6.07) is -1.64. The molecule has 0 radical (unpaired) electrons. The molecule has 1 heterocycles. The highest BCUT2D eigenvalue weighted by Gasteiger charge is 2.38. The van der Waals surface area contributed by atoms with Crippen molar-refractivity contribution in [3.63, 3.8) is 0 Å². The third-order valence-electron chi connectivity index (χ3n) is 1.48. The Labute approximate surface area is 87.1 Å². The topological polar surface area (TPSA) is 110 Å². The molecule has 1 fully saturated rings. The van der Waals surface area contributed by atoms with Crippen molar-refractivity contribution in [3.8, 4) is 0 Å². The van der Waals surface area contributed by atoms with Gasteiger partial charge in [-0.1, -0.05) is 0 Å². The summed E-state index contributed by atoms with van der Waals surface area (Å²) in [5.41, 5.74) is 5.19. The number of nitrogens with zero attached hydrogens (tertiary/aromatic N) is 1. The van der Waals surface area contributed by atoms with Gasteiger partial charge in [-0.25, -0.2) is 17.9 Å². The number of amides is 3. The zero-order chi connectivity index (χ0) is 10.2. The minimum Gasteiger partial charge on any atom is -0.318 e. The molecule has 9 heteroatoms. The van der Waals surface area contributed by atoms with Crippen LogP contribution in [0.4, 0.5) is 4.79 Å². The first kappa shape index (κ1) is 13.1. The van der Waals surface area contributed by atoms with E-state index >= 15 is 0 Å². The van der Waals surface area contributed by atoms with E-state index in [-0.39, 0.29) is 19.0 Å². The molecule has 0 aromatic rings. The Morgan fingerprint density at radius 2 is 2.14 bits per heavy atom. The van der Waals surface area contributed by atoms with E-state index in [0.717, 1.165) is 11.2 Å². The molecule has 0 unspecified atom stereocenters. The summed E-state index contributed by atoms with van der Waals surface area (Å²) in [6.07, 6.45) is 0.828. The van der Waals surface area contributed by atoms with Gasteiger partial charge in [0.05, 0.1) is 12.8 Å². The molecular weight excluding hydrogens is 234 g/mol. The molecule has 82 valence electrons. The Morgan fingerprint density at radius 1 is 1.64 bits per heavy atom. The summed E-state index contributed by atoms with van der Waals surface area (Å²) in [5.74, 6) is -0.568. The highest BCUT2D eigenvalue weighted by atomic mass is 35.5. The predicted octanol–water partition coefficient (Wildman–Crippen LogP) is -1.75. The van der Waals surface area contributed by atoms with Crippen LogP contribution in [-0.4, -0.2) is 44.1 Å². The Balaban J connectivity index is 0.00000169. The zero-order valence-corrected chi connectivity index (χ0v) is 8.89. The Morgan fingerprint density at radius 3 is 2.43 bits per heavy atom. The lowest BCUT2D eigenvalue weighted by molar-refractivity contribution is -0.137. The van der Waals surface area contributed by atoms with Gasteiger partial charge in [0.15, 0.2) is 0 Å². The molecule has 3 amide bonds. The van der Waals surface area contributed by atoms with Gasteiger partial charge in [-0.2, -0.15) is 0 Å². The Kier molecular flexibility index (Phi) is 3.86. The molecule has 1 atom stereocenters. The number of halogens is 1. The molecule has 0 aromatic heterocycles. The first-order valence-corrected chi connectivity index (χ1v) is 5.29. The van der Waals surface area contributed by atoms with E-state index in [2.05, 4.69) is 0 Å². The number of imide groups is 1. The maximum Gasteiger partial charge on any atom is 0.337 e. The number of hydrogen-bond acceptors (Lipinski definition) is 5. The van der Waals surface area contributed by atoms with Crippen molar-refractivity contribution in [2.45, 2.75) is 6.04 Å². The maximum atomic E-state index is 11.0. The van der Waals surface area contributed by atoms with Crippen LogP contribution in [0.5, 0.6) is 0 Å². The van der Waals surface area contributed by atoms with Crippen LogP contribution in [0.25, 0.3) is 0 Å². The fourth-order valence-corrected chi connectivity index (χ4v) is 1.28. The van der Waals surface area contributed by atoms with Crippen molar-refractivity contribution in [3.05, 3.63) is 0 Å². The lowest BCUT2D eigenvalue weighted by atomic mass is 10.1. The smallest absolute Gasteiger partial charge is 0.318 e. The summed E-state index contributed by atoms with van der Waals surface area (Å²) in [7, 11) is -3.62. The second kappa shape index (κ2) is 4.11. The van der Waals surface area contributed by atoms with Crippen molar-refractivity contribution in [1.82, 2.24) is 9.62 Å². The highest BCUT2D eigenvalue weighted by molar-refractivity contribution is 7.89. The third-order valence-corrected chi connectivity index (χ3v) is 2.03. The normalized spacial score (nSPS) is 20.9. The Bertz CT molecular complexity index is 354. The van der Waals surface area contributed by atoms with Gasteiger partial charge in [0.2, 0.25) is 15.9 Å². The second-order valence-corrected chi connectivity index (χ2v) is 4.48. The number of rotatable bonds is 1. The molecule has 7 nitrogen and oxygen atoms in total. The molecule has 0 aliphatic carbocycles. The predicted molar refractivity (Wildman–Crippen MR) is 50.3 cm³/mol. The van der Waals surface area contributed by atoms with Gasteiger partial charge in [0, 0.05) is 0 Å². The molecule has 0 aromatic carbocycles. The summed E-state index contributed by atoms with van der Waals surface area (Å²) >= 11 is 0. The van der Waals surface area contributed by atoms with Gasteiger partial charge in [-0.15, -0.1) is 12.4 Å². The van der Waals surface area contributed by atoms with Gasteiger partial charge in [0.1, 0.15) is 6.04 Å². The minimum absolute atomic E-state index is 0. The number of carbonyl (C=O) groups is 2. The van der Waals surface area contributed by atoms with Crippen LogP contribution < -0.4 is 10.5 Å². The molecule has 1 saturated heterocycles. The van der Waals surface area contributed by atoms with Crippen LogP contribution in [-0.2, 0) is 14.8 Å². The summed E-state index contributed by atoms with van der Waals surface area (Å²) in [6.45, 7) is 0.0557. The van der Waals surface area contributed by atoms with E-state index in [1.165, 1.54) is 0 Å². The van der Waals surface area contributed by atoms with Crippen LogP contribution in [0.3, 0.4) is 0 Å². The maximum absolute atomic E-state index is 11.0. The summed E-state index contributed by atoms with van der Waals surface area (Å²) < 4.78 is 22.8. The number of likely N-dealkylation sites (tertiary alicyclic amines) is 1. The van der Waals surface area contributed by atoms with Crippen LogP contribution >= 0.6 is 12.4 Å². The first-order chi connectivity index (χ1) is 5.81. The van der Waals surface area contributed by atoms with Crippen molar-refractivity contribution in [1.29, 1.82) is 0 Å². The second-order valence-electron chi connectivity index (χ2n) is 2.73. The van der Waals surface area contributed by atoms with Gasteiger partial charge in [-0.3, -0.25) is 9.69 Å². The molecule has 1 aliphatic rings. The lowest BCUT2D eigenvalue weighted by Gasteiger charge is -2.33. The van der Waals surface area contributed by atoms with Gasteiger partial charge >= 0.3 is 6.03 Å². The molecule has 0 spiro atoms. The van der Waals surface area contributed by atoms with E-state index in [1.54, 1.807) is 4.72 Å².